The number of aromatic nitrogens is 2. The van der Waals surface area contributed by atoms with Crippen molar-refractivity contribution in [2.75, 3.05) is 0 Å². The zero-order valence-corrected chi connectivity index (χ0v) is 5.24. The summed E-state index contributed by atoms with van der Waals surface area (Å²) in [5.74, 6) is -2.59. The van der Waals surface area contributed by atoms with Crippen molar-refractivity contribution in [1.82, 2.24) is 10.0 Å². The van der Waals surface area contributed by atoms with E-state index in [2.05, 4.69) is 5.10 Å². The van der Waals surface area contributed by atoms with E-state index in [1.165, 1.54) is 6.92 Å². The molecule has 10 heavy (non-hydrogen) atoms. The molecule has 1 heterocycles. The molecular weight excluding hydrogens is 145 g/mol. The van der Waals surface area contributed by atoms with Crippen molar-refractivity contribution >= 4 is 0 Å². The first-order valence-corrected chi connectivity index (χ1v) is 2.75. The van der Waals surface area contributed by atoms with Crippen LogP contribution in [-0.4, -0.2) is 10.0 Å². The van der Waals surface area contributed by atoms with Gasteiger partial charge in [0.15, 0.2) is 0 Å². The standard InChI is InChI=1S/C5H5F3N2/c1-2-3-4(6)5(7)9-10(3)8/h2H2,1H3. The van der Waals surface area contributed by atoms with E-state index in [0.29, 0.717) is 0 Å². The fraction of sp³-hybridized carbons (Fsp3) is 0.400. The third-order valence-corrected chi connectivity index (χ3v) is 1.17. The van der Waals surface area contributed by atoms with Crippen LogP contribution in [0.1, 0.15) is 12.6 Å². The highest BCUT2D eigenvalue weighted by molar-refractivity contribution is 5.03. The van der Waals surface area contributed by atoms with E-state index in [1.54, 1.807) is 0 Å². The van der Waals surface area contributed by atoms with Gasteiger partial charge in [-0.05, 0) is 6.42 Å². The van der Waals surface area contributed by atoms with E-state index >= 15 is 0 Å². The van der Waals surface area contributed by atoms with Gasteiger partial charge < -0.3 is 0 Å². The average molecular weight is 150 g/mol. The molecule has 1 rings (SSSR count). The lowest BCUT2D eigenvalue weighted by Crippen LogP contribution is -1.92. The van der Waals surface area contributed by atoms with Crippen molar-refractivity contribution in [3.05, 3.63) is 17.5 Å². The summed E-state index contributed by atoms with van der Waals surface area (Å²) in [6, 6.07) is 0. The SMILES string of the molecule is CCc1c(F)c(F)nn1F. The molecule has 0 unspecified atom stereocenters. The predicted octanol–water partition coefficient (Wildman–Crippen LogP) is 1.46. The number of halogens is 3. The monoisotopic (exact) mass is 150 g/mol. The van der Waals surface area contributed by atoms with Gasteiger partial charge >= 0.3 is 0 Å². The lowest BCUT2D eigenvalue weighted by molar-refractivity contribution is 0.291. The van der Waals surface area contributed by atoms with E-state index in [9.17, 15) is 13.3 Å². The van der Waals surface area contributed by atoms with Crippen LogP contribution in [0.3, 0.4) is 0 Å². The first-order valence-electron chi connectivity index (χ1n) is 2.75. The molecule has 56 valence electrons. The quantitative estimate of drug-likeness (QED) is 0.592. The molecule has 0 N–H and O–H groups in total. The van der Waals surface area contributed by atoms with Crippen LogP contribution >= 0.6 is 0 Å². The van der Waals surface area contributed by atoms with E-state index in [-0.39, 0.29) is 17.0 Å². The summed E-state index contributed by atoms with van der Waals surface area (Å²) in [6.45, 7) is 1.51. The second-order valence-electron chi connectivity index (χ2n) is 1.77. The Hall–Kier alpha value is -1.00. The van der Waals surface area contributed by atoms with Crippen LogP contribution in [0.5, 0.6) is 0 Å². The van der Waals surface area contributed by atoms with Gasteiger partial charge in [0, 0.05) is 0 Å². The van der Waals surface area contributed by atoms with Gasteiger partial charge in [-0.1, -0.05) is 16.3 Å². The molecule has 0 aromatic carbocycles. The maximum Gasteiger partial charge on any atom is 0.271 e. The number of rotatable bonds is 1. The van der Waals surface area contributed by atoms with E-state index in [1.807, 2.05) is 0 Å². The third-order valence-electron chi connectivity index (χ3n) is 1.17. The molecule has 5 heteroatoms. The van der Waals surface area contributed by atoms with Gasteiger partial charge in [-0.25, -0.2) is 0 Å². The largest absolute Gasteiger partial charge is 0.271 e. The van der Waals surface area contributed by atoms with Crippen molar-refractivity contribution in [3.8, 4) is 0 Å². The van der Waals surface area contributed by atoms with Gasteiger partial charge in [-0.2, -0.15) is 8.78 Å². The molecule has 0 saturated carbocycles. The highest BCUT2D eigenvalue weighted by atomic mass is 19.2. The maximum absolute atomic E-state index is 12.3. The van der Waals surface area contributed by atoms with Gasteiger partial charge in [-0.3, -0.25) is 0 Å². The van der Waals surface area contributed by atoms with Crippen LogP contribution < -0.4 is 0 Å². The minimum Gasteiger partial charge on any atom is -0.200 e. The van der Waals surface area contributed by atoms with Crippen molar-refractivity contribution in [1.29, 1.82) is 0 Å². The normalized spacial score (nSPS) is 10.4. The van der Waals surface area contributed by atoms with Crippen molar-refractivity contribution in [2.45, 2.75) is 13.3 Å². The molecule has 1 aromatic rings. The summed E-state index contributed by atoms with van der Waals surface area (Å²) in [7, 11) is 0. The van der Waals surface area contributed by atoms with Crippen molar-refractivity contribution in [3.63, 3.8) is 0 Å². The fourth-order valence-corrected chi connectivity index (χ4v) is 0.667. The summed E-state index contributed by atoms with van der Waals surface area (Å²) in [6.07, 6.45) is 0.0826. The van der Waals surface area contributed by atoms with Gasteiger partial charge in [0.25, 0.3) is 5.95 Å². The molecule has 0 aliphatic carbocycles. The minimum absolute atomic E-state index is 0.0826. The Morgan fingerprint density at radius 2 is 2.10 bits per heavy atom. The molecule has 0 amide bonds. The van der Waals surface area contributed by atoms with Crippen LogP contribution in [0.4, 0.5) is 13.3 Å². The summed E-state index contributed by atoms with van der Waals surface area (Å²) in [4.78, 5) is -0.287. The third kappa shape index (κ3) is 0.872. The summed E-state index contributed by atoms with van der Waals surface area (Å²) >= 11 is 0. The van der Waals surface area contributed by atoms with Crippen molar-refractivity contribution in [2.24, 2.45) is 0 Å². The van der Waals surface area contributed by atoms with E-state index in [0.717, 1.165) is 0 Å². The highest BCUT2D eigenvalue weighted by Crippen LogP contribution is 2.10. The summed E-state index contributed by atoms with van der Waals surface area (Å²) in [5, 5.41) is 2.59. The Balaban J connectivity index is 3.20. The predicted molar refractivity (Wildman–Crippen MR) is 28.0 cm³/mol. The number of nitrogens with zero attached hydrogens (tertiary/aromatic N) is 2. The number of hydrogen-bond donors (Lipinski definition) is 0. The highest BCUT2D eigenvalue weighted by Gasteiger charge is 2.15. The molecule has 1 aromatic heterocycles. The van der Waals surface area contributed by atoms with Crippen LogP contribution in [0.25, 0.3) is 0 Å². The smallest absolute Gasteiger partial charge is 0.200 e. The average Bonchev–Trinajstić information content (AvgIpc) is 2.09. The Morgan fingerprint density at radius 1 is 1.50 bits per heavy atom. The first kappa shape index (κ1) is 7.11. The summed E-state index contributed by atoms with van der Waals surface area (Å²) < 4.78 is 36.6. The Bertz CT molecular complexity index is 243. The molecule has 0 saturated heterocycles. The molecule has 0 atom stereocenters. The summed E-state index contributed by atoms with van der Waals surface area (Å²) in [5.41, 5.74) is -0.363. The van der Waals surface area contributed by atoms with Gasteiger partial charge in [0.1, 0.15) is 5.69 Å². The number of hydrogen-bond acceptors (Lipinski definition) is 1. The Morgan fingerprint density at radius 3 is 2.30 bits per heavy atom. The second kappa shape index (κ2) is 2.32. The fourth-order valence-electron chi connectivity index (χ4n) is 0.667. The molecule has 2 nitrogen and oxygen atoms in total. The Labute approximate surface area is 55.2 Å². The molecular formula is C5H5F3N2. The molecule has 0 bridgehead atoms. The maximum atomic E-state index is 12.3. The molecule has 0 aliphatic rings. The van der Waals surface area contributed by atoms with Crippen LogP contribution in [0.2, 0.25) is 0 Å². The van der Waals surface area contributed by atoms with E-state index < -0.39 is 11.8 Å². The van der Waals surface area contributed by atoms with Gasteiger partial charge in [0.05, 0.1) is 0 Å². The zero-order chi connectivity index (χ0) is 7.72. The van der Waals surface area contributed by atoms with Gasteiger partial charge in [0.2, 0.25) is 5.82 Å². The molecule has 0 spiro atoms. The zero-order valence-electron chi connectivity index (χ0n) is 5.24. The van der Waals surface area contributed by atoms with Crippen LogP contribution in [0, 0.1) is 11.8 Å². The molecule has 0 aliphatic heterocycles. The molecule has 0 radical (unpaired) electrons. The minimum atomic E-state index is -1.39. The lowest BCUT2D eigenvalue weighted by Gasteiger charge is -1.88. The Kier molecular flexibility index (Phi) is 1.65. The first-order chi connectivity index (χ1) is 4.66. The van der Waals surface area contributed by atoms with Crippen LogP contribution in [-0.2, 0) is 6.42 Å². The second-order valence-corrected chi connectivity index (χ2v) is 1.77. The van der Waals surface area contributed by atoms with E-state index in [4.69, 9.17) is 0 Å². The topological polar surface area (TPSA) is 17.8 Å². The lowest BCUT2D eigenvalue weighted by atomic mass is 10.3. The molecule has 0 fully saturated rings. The van der Waals surface area contributed by atoms with Crippen LogP contribution in [0.15, 0.2) is 0 Å². The van der Waals surface area contributed by atoms with Gasteiger partial charge in [-0.15, -0.1) is 5.10 Å². The van der Waals surface area contributed by atoms with Crippen molar-refractivity contribution < 1.29 is 13.3 Å².